The zero-order valence-corrected chi connectivity index (χ0v) is 23.2. The smallest absolute Gasteiger partial charge is 0.301 e. The third-order valence-corrected chi connectivity index (χ3v) is 8.78. The van der Waals surface area contributed by atoms with Gasteiger partial charge in [0, 0.05) is 17.0 Å². The Morgan fingerprint density at radius 1 is 1.10 bits per heavy atom. The maximum atomic E-state index is 13.5. The van der Waals surface area contributed by atoms with Crippen molar-refractivity contribution in [1.82, 2.24) is 19.6 Å². The molecule has 1 unspecified atom stereocenters. The molecule has 0 bridgehead atoms. The van der Waals surface area contributed by atoms with Crippen LogP contribution >= 0.6 is 34.7 Å². The van der Waals surface area contributed by atoms with Crippen LogP contribution in [0.4, 0.5) is 9.52 Å². The molecule has 40 heavy (non-hydrogen) atoms. The van der Waals surface area contributed by atoms with Gasteiger partial charge in [0.2, 0.25) is 5.13 Å². The molecule has 1 fully saturated rings. The second-order valence-corrected chi connectivity index (χ2v) is 11.6. The summed E-state index contributed by atoms with van der Waals surface area (Å²) in [6.45, 7) is 1.72. The lowest BCUT2D eigenvalue weighted by Crippen LogP contribution is -2.29. The van der Waals surface area contributed by atoms with Gasteiger partial charge in [-0.25, -0.2) is 9.37 Å². The first-order valence-corrected chi connectivity index (χ1v) is 14.2. The fourth-order valence-corrected chi connectivity index (χ4v) is 6.65. The highest BCUT2D eigenvalue weighted by molar-refractivity contribution is 8.00. The number of amides is 1. The Morgan fingerprint density at radius 2 is 1.90 bits per heavy atom. The molecule has 12 heteroatoms. The lowest BCUT2D eigenvalue weighted by atomic mass is 9.96. The molecule has 1 amide bonds. The summed E-state index contributed by atoms with van der Waals surface area (Å²) in [6, 6.07) is 17.3. The number of nitrogens with zero attached hydrogens (tertiary/aromatic N) is 5. The van der Waals surface area contributed by atoms with Crippen molar-refractivity contribution >= 4 is 62.9 Å². The lowest BCUT2D eigenvalue weighted by Gasteiger charge is -2.22. The summed E-state index contributed by atoms with van der Waals surface area (Å²) in [5, 5.41) is 20.6. The number of anilines is 1. The van der Waals surface area contributed by atoms with E-state index in [9.17, 15) is 19.1 Å². The van der Waals surface area contributed by atoms with E-state index in [1.807, 2.05) is 6.07 Å². The van der Waals surface area contributed by atoms with E-state index < -0.39 is 17.7 Å². The fourth-order valence-electron chi connectivity index (χ4n) is 4.63. The Bertz CT molecular complexity index is 1820. The van der Waals surface area contributed by atoms with Crippen LogP contribution in [0.5, 0.6) is 0 Å². The largest absolute Gasteiger partial charge is 0.505 e. The number of thioether (sulfide) groups is 1. The number of hydrogen-bond acceptors (Lipinski definition) is 8. The maximum Gasteiger partial charge on any atom is 0.301 e. The first-order valence-electron chi connectivity index (χ1n) is 12.0. The summed E-state index contributed by atoms with van der Waals surface area (Å²) >= 11 is 8.82. The van der Waals surface area contributed by atoms with Crippen molar-refractivity contribution in [3.63, 3.8) is 0 Å². The summed E-state index contributed by atoms with van der Waals surface area (Å²) in [6.07, 6.45) is 1.73. The Morgan fingerprint density at radius 3 is 2.67 bits per heavy atom. The van der Waals surface area contributed by atoms with Crippen molar-refractivity contribution < 1.29 is 19.1 Å². The highest BCUT2D eigenvalue weighted by Crippen LogP contribution is 2.44. The van der Waals surface area contributed by atoms with Crippen molar-refractivity contribution in [3.05, 3.63) is 112 Å². The van der Waals surface area contributed by atoms with Crippen LogP contribution in [-0.2, 0) is 15.3 Å². The molecule has 1 saturated heterocycles. The number of ketones is 1. The number of aryl methyl sites for hydroxylation is 1. The standard InChI is InChI=1S/C28H19ClFN5O3S2/c1-15-22(34-12-3-2-7-20(34)31-15)24(36)21-23(17-5-4-6-18(29)13-17)35(26(38)25(21)37)27-32-33-28(40-27)39-14-16-8-10-19(30)11-9-16/h2-13,23,36H,14H2,1H3. The Hall–Kier alpha value is -4.06. The predicted octanol–water partition coefficient (Wildman–Crippen LogP) is 6.21. The minimum Gasteiger partial charge on any atom is -0.505 e. The number of aromatic nitrogens is 4. The molecule has 8 nitrogen and oxygen atoms in total. The van der Waals surface area contributed by atoms with Crippen LogP contribution in [0.15, 0.2) is 82.8 Å². The zero-order chi connectivity index (χ0) is 28.0. The summed E-state index contributed by atoms with van der Waals surface area (Å²) in [5.41, 5.74) is 2.71. The molecule has 0 spiro atoms. The molecule has 1 N–H and O–H groups in total. The number of carbonyl (C=O) groups is 2. The molecule has 5 aromatic rings. The van der Waals surface area contributed by atoms with Gasteiger partial charge < -0.3 is 5.11 Å². The van der Waals surface area contributed by atoms with Crippen LogP contribution in [0.25, 0.3) is 11.4 Å². The number of pyridine rings is 1. The summed E-state index contributed by atoms with van der Waals surface area (Å²) in [4.78, 5) is 32.8. The van der Waals surface area contributed by atoms with E-state index in [1.165, 1.54) is 28.8 Å². The topological polar surface area (TPSA) is 101 Å². The molecule has 6 rings (SSSR count). The number of fused-ring (bicyclic) bond motifs is 1. The van der Waals surface area contributed by atoms with Gasteiger partial charge >= 0.3 is 5.91 Å². The molecule has 0 saturated carbocycles. The second kappa shape index (κ2) is 10.5. The van der Waals surface area contributed by atoms with E-state index in [2.05, 4.69) is 15.2 Å². The predicted molar refractivity (Wildman–Crippen MR) is 152 cm³/mol. The number of aliphatic hydroxyl groups excluding tert-OH is 1. The molecule has 1 aliphatic rings. The Balaban J connectivity index is 1.43. The Kier molecular flexibility index (Phi) is 6.87. The van der Waals surface area contributed by atoms with Crippen molar-refractivity contribution in [2.75, 3.05) is 4.90 Å². The van der Waals surface area contributed by atoms with Crippen LogP contribution in [-0.4, -0.2) is 36.4 Å². The summed E-state index contributed by atoms with van der Waals surface area (Å²) in [7, 11) is 0. The quantitative estimate of drug-likeness (QED) is 0.0824. The molecule has 0 radical (unpaired) electrons. The number of carbonyl (C=O) groups excluding carboxylic acids is 2. The first kappa shape index (κ1) is 26.2. The summed E-state index contributed by atoms with van der Waals surface area (Å²) in [5.74, 6) is -1.86. The second-order valence-electron chi connectivity index (χ2n) is 8.96. The van der Waals surface area contributed by atoms with Gasteiger partial charge in [-0.2, -0.15) is 0 Å². The molecular formula is C28H19ClFN5O3S2. The monoisotopic (exact) mass is 591 g/mol. The first-order chi connectivity index (χ1) is 19.3. The highest BCUT2D eigenvalue weighted by Gasteiger charge is 2.49. The molecule has 1 aliphatic heterocycles. The van der Waals surface area contributed by atoms with E-state index in [4.69, 9.17) is 11.6 Å². The van der Waals surface area contributed by atoms with Gasteiger partial charge in [0.05, 0.1) is 17.3 Å². The third kappa shape index (κ3) is 4.66. The van der Waals surface area contributed by atoms with Crippen molar-refractivity contribution in [2.24, 2.45) is 0 Å². The SMILES string of the molecule is Cc1nc2ccccn2c1C(O)=C1C(=O)C(=O)N(c2nnc(SCc3ccc(F)cc3)s2)C1c1cccc(Cl)c1. The number of aliphatic hydroxyl groups is 1. The molecule has 2 aromatic carbocycles. The van der Waals surface area contributed by atoms with Crippen LogP contribution in [0.1, 0.15) is 28.6 Å². The third-order valence-electron chi connectivity index (χ3n) is 6.41. The molecule has 1 atom stereocenters. The van der Waals surface area contributed by atoms with Crippen LogP contribution in [0.3, 0.4) is 0 Å². The number of hydrogen-bond donors (Lipinski definition) is 1. The van der Waals surface area contributed by atoms with Gasteiger partial charge in [-0.05, 0) is 54.4 Å². The van der Waals surface area contributed by atoms with Crippen molar-refractivity contribution in [2.45, 2.75) is 23.1 Å². The van der Waals surface area contributed by atoms with E-state index in [1.54, 1.807) is 66.1 Å². The Labute approximate surface area is 240 Å². The number of benzene rings is 2. The molecular weight excluding hydrogens is 573 g/mol. The average Bonchev–Trinajstić information content (AvgIpc) is 3.62. The van der Waals surface area contributed by atoms with Gasteiger partial charge in [0.25, 0.3) is 5.78 Å². The number of rotatable bonds is 6. The maximum absolute atomic E-state index is 13.5. The lowest BCUT2D eigenvalue weighted by molar-refractivity contribution is -0.132. The van der Waals surface area contributed by atoms with Crippen LogP contribution < -0.4 is 4.90 Å². The minimum absolute atomic E-state index is 0.100. The van der Waals surface area contributed by atoms with Crippen molar-refractivity contribution in [1.29, 1.82) is 0 Å². The van der Waals surface area contributed by atoms with E-state index in [-0.39, 0.29) is 22.3 Å². The number of Topliss-reactive ketones (excluding diaryl/α,β-unsaturated/α-hetero) is 1. The van der Waals surface area contributed by atoms with E-state index >= 15 is 0 Å². The van der Waals surface area contributed by atoms with E-state index in [0.717, 1.165) is 16.9 Å². The van der Waals surface area contributed by atoms with Crippen molar-refractivity contribution in [3.8, 4) is 0 Å². The number of imidazole rings is 1. The normalized spacial score (nSPS) is 16.8. The molecule has 200 valence electrons. The van der Waals surface area contributed by atoms with Gasteiger partial charge in [-0.15, -0.1) is 10.2 Å². The van der Waals surface area contributed by atoms with Crippen LogP contribution in [0.2, 0.25) is 5.02 Å². The van der Waals surface area contributed by atoms with Gasteiger partial charge in [-0.1, -0.05) is 65.0 Å². The number of halogens is 2. The fraction of sp³-hybridized carbons (Fsp3) is 0.107. The molecule has 4 heterocycles. The highest BCUT2D eigenvalue weighted by atomic mass is 35.5. The van der Waals surface area contributed by atoms with Gasteiger partial charge in [0.15, 0.2) is 10.1 Å². The van der Waals surface area contributed by atoms with E-state index in [0.29, 0.717) is 37.7 Å². The van der Waals surface area contributed by atoms with Gasteiger partial charge in [0.1, 0.15) is 17.2 Å². The zero-order valence-electron chi connectivity index (χ0n) is 20.8. The summed E-state index contributed by atoms with van der Waals surface area (Å²) < 4.78 is 15.5. The minimum atomic E-state index is -1.00. The average molecular weight is 592 g/mol. The van der Waals surface area contributed by atoms with Crippen LogP contribution in [0, 0.1) is 12.7 Å². The molecule has 0 aliphatic carbocycles. The van der Waals surface area contributed by atoms with Gasteiger partial charge in [-0.3, -0.25) is 18.9 Å². The molecule has 3 aromatic heterocycles.